The lowest BCUT2D eigenvalue weighted by Crippen LogP contribution is -2.47. The Balaban J connectivity index is 1.75. The highest BCUT2D eigenvalue weighted by molar-refractivity contribution is 9.10. The summed E-state index contributed by atoms with van der Waals surface area (Å²) in [4.78, 5) is 17.0. The third kappa shape index (κ3) is 3.23. The number of carbonyl (C=O) groups is 1. The van der Waals surface area contributed by atoms with Gasteiger partial charge in [0.1, 0.15) is 0 Å². The molecule has 0 bridgehead atoms. The van der Waals surface area contributed by atoms with Gasteiger partial charge in [0.25, 0.3) is 5.91 Å². The predicted molar refractivity (Wildman–Crippen MR) is 107 cm³/mol. The van der Waals surface area contributed by atoms with Gasteiger partial charge in [-0.25, -0.2) is 4.52 Å². The van der Waals surface area contributed by atoms with Crippen molar-refractivity contribution in [2.75, 3.05) is 33.2 Å². The van der Waals surface area contributed by atoms with Crippen LogP contribution in [0.2, 0.25) is 0 Å². The average Bonchev–Trinajstić information content (AvgIpc) is 3.00. The Morgan fingerprint density at radius 2 is 1.70 bits per heavy atom. The Hall–Kier alpha value is -2.32. The van der Waals surface area contributed by atoms with E-state index < -0.39 is 0 Å². The molecule has 0 N–H and O–H groups in total. The molecule has 1 aliphatic rings. The van der Waals surface area contributed by atoms with Crippen LogP contribution in [0.25, 0.3) is 16.8 Å². The summed E-state index contributed by atoms with van der Waals surface area (Å²) in [6.45, 7) is 6.98. The molecule has 27 heavy (non-hydrogen) atoms. The number of benzene rings is 1. The van der Waals surface area contributed by atoms with E-state index in [0.717, 1.165) is 40.1 Å². The van der Waals surface area contributed by atoms with Crippen molar-refractivity contribution in [3.05, 3.63) is 45.8 Å². The van der Waals surface area contributed by atoms with Gasteiger partial charge in [0, 0.05) is 30.7 Å². The van der Waals surface area contributed by atoms with E-state index in [1.165, 1.54) is 0 Å². The maximum Gasteiger partial charge on any atom is 0.276 e. The Morgan fingerprint density at radius 3 is 2.37 bits per heavy atom. The standard InChI is InChI=1S/C19H21BrN6O/c1-12-16(14-4-6-15(20)7-5-14)18-22-21-17(13(2)26(18)23-12)19(27)25-10-8-24(3)9-11-25/h4-7H,8-11H2,1-3H3. The summed E-state index contributed by atoms with van der Waals surface area (Å²) in [7, 11) is 2.06. The van der Waals surface area contributed by atoms with Crippen LogP contribution in [0.1, 0.15) is 21.9 Å². The number of fused-ring (bicyclic) bond motifs is 1. The monoisotopic (exact) mass is 428 g/mol. The number of piperazine rings is 1. The maximum atomic E-state index is 12.9. The van der Waals surface area contributed by atoms with Gasteiger partial charge in [0.05, 0.1) is 17.0 Å². The van der Waals surface area contributed by atoms with Crippen LogP contribution in [0.4, 0.5) is 0 Å². The van der Waals surface area contributed by atoms with Crippen molar-refractivity contribution in [3.8, 4) is 11.1 Å². The van der Waals surface area contributed by atoms with Crippen molar-refractivity contribution in [3.63, 3.8) is 0 Å². The van der Waals surface area contributed by atoms with Crippen LogP contribution in [0.15, 0.2) is 28.7 Å². The first-order chi connectivity index (χ1) is 13.0. The molecule has 1 fully saturated rings. The zero-order chi connectivity index (χ0) is 19.1. The smallest absolute Gasteiger partial charge is 0.276 e. The zero-order valence-corrected chi connectivity index (χ0v) is 17.2. The van der Waals surface area contributed by atoms with Crippen molar-refractivity contribution in [2.45, 2.75) is 13.8 Å². The van der Waals surface area contributed by atoms with E-state index in [0.29, 0.717) is 24.4 Å². The van der Waals surface area contributed by atoms with Gasteiger partial charge in [-0.1, -0.05) is 28.1 Å². The van der Waals surface area contributed by atoms with E-state index in [2.05, 4.69) is 43.2 Å². The molecular weight excluding hydrogens is 408 g/mol. The van der Waals surface area contributed by atoms with Gasteiger partial charge in [0.15, 0.2) is 11.3 Å². The van der Waals surface area contributed by atoms with Gasteiger partial charge >= 0.3 is 0 Å². The Kier molecular flexibility index (Phi) is 4.69. The molecule has 1 aromatic carbocycles. The number of halogens is 1. The number of nitrogens with zero attached hydrogens (tertiary/aromatic N) is 6. The van der Waals surface area contributed by atoms with E-state index in [1.807, 2.05) is 43.0 Å². The second-order valence-electron chi connectivity index (χ2n) is 6.93. The SMILES string of the molecule is Cc1nn2c(C)c(C(=O)N3CCN(C)CC3)nnc2c1-c1ccc(Br)cc1. The van der Waals surface area contributed by atoms with E-state index >= 15 is 0 Å². The quantitative estimate of drug-likeness (QED) is 0.627. The minimum Gasteiger partial charge on any atom is -0.335 e. The van der Waals surface area contributed by atoms with Crippen LogP contribution in [0.5, 0.6) is 0 Å². The molecule has 0 atom stereocenters. The number of aromatic nitrogens is 4. The van der Waals surface area contributed by atoms with Crippen LogP contribution in [0, 0.1) is 13.8 Å². The lowest BCUT2D eigenvalue weighted by molar-refractivity contribution is 0.0655. The normalized spacial score (nSPS) is 15.5. The average molecular weight is 429 g/mol. The second kappa shape index (κ2) is 7.01. The van der Waals surface area contributed by atoms with Crippen LogP contribution in [-0.2, 0) is 0 Å². The molecule has 0 unspecified atom stereocenters. The largest absolute Gasteiger partial charge is 0.335 e. The summed E-state index contributed by atoms with van der Waals surface area (Å²) in [5, 5.41) is 13.3. The zero-order valence-electron chi connectivity index (χ0n) is 15.6. The fourth-order valence-corrected chi connectivity index (χ4v) is 3.69. The summed E-state index contributed by atoms with van der Waals surface area (Å²) < 4.78 is 2.76. The summed E-state index contributed by atoms with van der Waals surface area (Å²) in [6.07, 6.45) is 0. The second-order valence-corrected chi connectivity index (χ2v) is 7.85. The first-order valence-electron chi connectivity index (χ1n) is 8.92. The lowest BCUT2D eigenvalue weighted by Gasteiger charge is -2.32. The summed E-state index contributed by atoms with van der Waals surface area (Å²) in [6, 6.07) is 8.02. The van der Waals surface area contributed by atoms with Gasteiger partial charge in [-0.3, -0.25) is 4.79 Å². The van der Waals surface area contributed by atoms with Crippen LogP contribution in [-0.4, -0.2) is 68.7 Å². The highest BCUT2D eigenvalue weighted by atomic mass is 79.9. The Labute approximate surface area is 166 Å². The van der Waals surface area contributed by atoms with Crippen molar-refractivity contribution in [1.82, 2.24) is 29.6 Å². The third-order valence-electron chi connectivity index (χ3n) is 5.07. The van der Waals surface area contributed by atoms with Crippen molar-refractivity contribution >= 4 is 27.5 Å². The number of carbonyl (C=O) groups excluding carboxylic acids is 1. The minimum atomic E-state index is -0.0756. The molecule has 3 heterocycles. The van der Waals surface area contributed by atoms with Gasteiger partial charge in [0.2, 0.25) is 0 Å². The molecule has 140 valence electrons. The molecule has 8 heteroatoms. The Bertz CT molecular complexity index is 1010. The van der Waals surface area contributed by atoms with Crippen molar-refractivity contribution in [1.29, 1.82) is 0 Å². The highest BCUT2D eigenvalue weighted by Crippen LogP contribution is 2.29. The number of hydrogen-bond donors (Lipinski definition) is 0. The molecular formula is C19H21BrN6O. The lowest BCUT2D eigenvalue weighted by atomic mass is 10.1. The van der Waals surface area contributed by atoms with E-state index in [4.69, 9.17) is 0 Å². The fraction of sp³-hybridized carbons (Fsp3) is 0.368. The van der Waals surface area contributed by atoms with Gasteiger partial charge in [-0.05, 0) is 38.6 Å². The van der Waals surface area contributed by atoms with Crippen LogP contribution in [0.3, 0.4) is 0 Å². The first kappa shape index (κ1) is 18.1. The van der Waals surface area contributed by atoms with E-state index in [-0.39, 0.29) is 5.91 Å². The maximum absolute atomic E-state index is 12.9. The highest BCUT2D eigenvalue weighted by Gasteiger charge is 2.25. The molecule has 0 radical (unpaired) electrons. The van der Waals surface area contributed by atoms with Crippen molar-refractivity contribution in [2.24, 2.45) is 0 Å². The van der Waals surface area contributed by atoms with Crippen LogP contribution < -0.4 is 0 Å². The molecule has 0 spiro atoms. The molecule has 3 aromatic rings. The van der Waals surface area contributed by atoms with E-state index in [1.54, 1.807) is 4.52 Å². The fourth-order valence-electron chi connectivity index (χ4n) is 3.42. The predicted octanol–water partition coefficient (Wildman–Crippen LogP) is 2.56. The third-order valence-corrected chi connectivity index (χ3v) is 5.60. The van der Waals surface area contributed by atoms with Crippen molar-refractivity contribution < 1.29 is 4.79 Å². The number of rotatable bonds is 2. The molecule has 4 rings (SSSR count). The topological polar surface area (TPSA) is 66.6 Å². The number of hydrogen-bond acceptors (Lipinski definition) is 5. The Morgan fingerprint density at radius 1 is 1.04 bits per heavy atom. The molecule has 1 saturated heterocycles. The molecule has 7 nitrogen and oxygen atoms in total. The molecule has 1 amide bonds. The number of likely N-dealkylation sites (N-methyl/N-ethyl adjacent to an activating group) is 1. The number of amides is 1. The molecule has 1 aliphatic heterocycles. The summed E-state index contributed by atoms with van der Waals surface area (Å²) in [5.41, 5.74) is 4.59. The minimum absolute atomic E-state index is 0.0756. The van der Waals surface area contributed by atoms with Gasteiger partial charge < -0.3 is 9.80 Å². The molecule has 0 saturated carbocycles. The number of aryl methyl sites for hydroxylation is 2. The first-order valence-corrected chi connectivity index (χ1v) is 9.71. The van der Waals surface area contributed by atoms with Crippen LogP contribution >= 0.6 is 15.9 Å². The molecule has 2 aromatic heterocycles. The summed E-state index contributed by atoms with van der Waals surface area (Å²) >= 11 is 3.46. The van der Waals surface area contributed by atoms with Gasteiger partial charge in [-0.2, -0.15) is 5.10 Å². The van der Waals surface area contributed by atoms with Gasteiger partial charge in [-0.15, -0.1) is 10.2 Å². The molecule has 0 aliphatic carbocycles. The summed E-state index contributed by atoms with van der Waals surface area (Å²) in [5.74, 6) is -0.0756. The van der Waals surface area contributed by atoms with E-state index in [9.17, 15) is 4.79 Å².